The molecule has 0 aromatic heterocycles. The van der Waals surface area contributed by atoms with Crippen LogP contribution in [-0.2, 0) is 0 Å². The summed E-state index contributed by atoms with van der Waals surface area (Å²) in [5, 5.41) is 21.3. The fourth-order valence-electron chi connectivity index (χ4n) is 2.42. The third kappa shape index (κ3) is 3.02. The normalized spacial score (nSPS) is 22.9. The van der Waals surface area contributed by atoms with Gasteiger partial charge in [0.2, 0.25) is 0 Å². The van der Waals surface area contributed by atoms with Gasteiger partial charge in [0.25, 0.3) is 0 Å². The topological polar surface area (TPSA) is 61.7 Å². The third-order valence-corrected chi connectivity index (χ3v) is 3.62. The average Bonchev–Trinajstić information content (AvgIpc) is 2.38. The van der Waals surface area contributed by atoms with E-state index in [1.165, 1.54) is 5.56 Å². The molecule has 4 nitrogen and oxygen atoms in total. The third-order valence-electron chi connectivity index (χ3n) is 3.62. The van der Waals surface area contributed by atoms with Crippen molar-refractivity contribution in [3.63, 3.8) is 0 Å². The van der Waals surface area contributed by atoms with Crippen LogP contribution in [0.25, 0.3) is 0 Å². The first kappa shape index (κ1) is 13.3. The van der Waals surface area contributed by atoms with E-state index in [0.29, 0.717) is 12.0 Å². The molecule has 0 amide bonds. The zero-order valence-corrected chi connectivity index (χ0v) is 10.7. The maximum Gasteiger partial charge on any atom is 0.119 e. The van der Waals surface area contributed by atoms with E-state index in [4.69, 9.17) is 14.9 Å². The Morgan fingerprint density at radius 3 is 2.67 bits per heavy atom. The molecule has 1 saturated carbocycles. The lowest BCUT2D eigenvalue weighted by molar-refractivity contribution is 0.142. The number of rotatable bonds is 6. The molecule has 100 valence electrons. The summed E-state index contributed by atoms with van der Waals surface area (Å²) >= 11 is 0. The number of benzene rings is 1. The minimum atomic E-state index is -0.193. The summed E-state index contributed by atoms with van der Waals surface area (Å²) in [6.45, 7) is -0.0341. The van der Waals surface area contributed by atoms with E-state index in [0.717, 1.165) is 18.6 Å². The van der Waals surface area contributed by atoms with Gasteiger partial charge >= 0.3 is 0 Å². The fourth-order valence-corrected chi connectivity index (χ4v) is 2.42. The van der Waals surface area contributed by atoms with E-state index in [1.807, 2.05) is 12.1 Å². The van der Waals surface area contributed by atoms with Crippen molar-refractivity contribution in [3.8, 4) is 5.75 Å². The highest BCUT2D eigenvalue weighted by molar-refractivity contribution is 5.32. The van der Waals surface area contributed by atoms with Gasteiger partial charge in [0, 0.05) is 6.04 Å². The quantitative estimate of drug-likeness (QED) is 0.702. The van der Waals surface area contributed by atoms with Crippen LogP contribution in [0.5, 0.6) is 5.75 Å². The fraction of sp³-hybridized carbons (Fsp3) is 0.571. The molecule has 0 atom stereocenters. The minimum Gasteiger partial charge on any atom is -0.497 e. The summed E-state index contributed by atoms with van der Waals surface area (Å²) in [6, 6.07) is 8.37. The number of hydrogen-bond acceptors (Lipinski definition) is 4. The Labute approximate surface area is 108 Å². The van der Waals surface area contributed by atoms with Gasteiger partial charge in [-0.2, -0.15) is 0 Å². The van der Waals surface area contributed by atoms with Crippen LogP contribution >= 0.6 is 0 Å². The van der Waals surface area contributed by atoms with E-state index < -0.39 is 0 Å². The summed E-state index contributed by atoms with van der Waals surface area (Å²) in [5.74, 6) is 1.45. The van der Waals surface area contributed by atoms with Gasteiger partial charge in [-0.05, 0) is 36.5 Å². The van der Waals surface area contributed by atoms with Crippen LogP contribution in [0.4, 0.5) is 0 Å². The van der Waals surface area contributed by atoms with Crippen molar-refractivity contribution in [3.05, 3.63) is 29.8 Å². The SMILES string of the molecule is COc1cccc(C2CC(NC(CO)CO)C2)c1. The maximum atomic E-state index is 9.01. The zero-order chi connectivity index (χ0) is 13.0. The van der Waals surface area contributed by atoms with Gasteiger partial charge in [-0.3, -0.25) is 0 Å². The number of aliphatic hydroxyl groups excluding tert-OH is 2. The zero-order valence-electron chi connectivity index (χ0n) is 10.7. The van der Waals surface area contributed by atoms with Crippen LogP contribution in [0.1, 0.15) is 24.3 Å². The van der Waals surface area contributed by atoms with E-state index in [1.54, 1.807) is 7.11 Å². The van der Waals surface area contributed by atoms with Crippen LogP contribution in [0.3, 0.4) is 0 Å². The molecular weight excluding hydrogens is 230 g/mol. The lowest BCUT2D eigenvalue weighted by Crippen LogP contribution is -2.48. The van der Waals surface area contributed by atoms with Crippen molar-refractivity contribution in [2.75, 3.05) is 20.3 Å². The molecular formula is C14H21NO3. The minimum absolute atomic E-state index is 0.0170. The molecule has 0 heterocycles. The van der Waals surface area contributed by atoms with Crippen molar-refractivity contribution >= 4 is 0 Å². The van der Waals surface area contributed by atoms with Crippen molar-refractivity contribution in [1.29, 1.82) is 0 Å². The van der Waals surface area contributed by atoms with Crippen LogP contribution in [0.15, 0.2) is 24.3 Å². The lowest BCUT2D eigenvalue weighted by atomic mass is 9.75. The predicted molar refractivity (Wildman–Crippen MR) is 69.9 cm³/mol. The number of methoxy groups -OCH3 is 1. The second-order valence-electron chi connectivity index (χ2n) is 4.87. The number of ether oxygens (including phenoxy) is 1. The molecule has 1 fully saturated rings. The van der Waals surface area contributed by atoms with E-state index in [-0.39, 0.29) is 19.3 Å². The Bertz CT molecular complexity index is 373. The molecule has 0 saturated heterocycles. The van der Waals surface area contributed by atoms with Gasteiger partial charge in [-0.1, -0.05) is 12.1 Å². The summed E-state index contributed by atoms with van der Waals surface area (Å²) in [5.41, 5.74) is 1.30. The molecule has 1 aliphatic rings. The smallest absolute Gasteiger partial charge is 0.119 e. The summed E-state index contributed by atoms with van der Waals surface area (Å²) in [6.07, 6.45) is 2.09. The predicted octanol–water partition coefficient (Wildman–Crippen LogP) is 0.884. The number of nitrogens with one attached hydrogen (secondary N) is 1. The molecule has 1 aromatic carbocycles. The Morgan fingerprint density at radius 1 is 1.33 bits per heavy atom. The molecule has 18 heavy (non-hydrogen) atoms. The van der Waals surface area contributed by atoms with Gasteiger partial charge in [-0.25, -0.2) is 0 Å². The second-order valence-corrected chi connectivity index (χ2v) is 4.87. The highest BCUT2D eigenvalue weighted by Gasteiger charge is 2.31. The monoisotopic (exact) mass is 251 g/mol. The van der Waals surface area contributed by atoms with Crippen LogP contribution in [0.2, 0.25) is 0 Å². The van der Waals surface area contributed by atoms with Crippen molar-refractivity contribution in [2.24, 2.45) is 0 Å². The van der Waals surface area contributed by atoms with Gasteiger partial charge in [0.1, 0.15) is 5.75 Å². The van der Waals surface area contributed by atoms with Crippen LogP contribution in [-0.4, -0.2) is 42.6 Å². The van der Waals surface area contributed by atoms with E-state index >= 15 is 0 Å². The Balaban J connectivity index is 1.84. The Kier molecular flexibility index (Phi) is 4.58. The summed E-state index contributed by atoms with van der Waals surface area (Å²) in [7, 11) is 1.68. The average molecular weight is 251 g/mol. The number of hydrogen-bond donors (Lipinski definition) is 3. The van der Waals surface area contributed by atoms with Crippen LogP contribution in [0, 0.1) is 0 Å². The molecule has 0 aliphatic heterocycles. The molecule has 3 N–H and O–H groups in total. The maximum absolute atomic E-state index is 9.01. The molecule has 4 heteroatoms. The second kappa shape index (κ2) is 6.18. The first-order valence-corrected chi connectivity index (χ1v) is 6.38. The molecule has 1 aromatic rings. The van der Waals surface area contributed by atoms with Crippen LogP contribution < -0.4 is 10.1 Å². The largest absolute Gasteiger partial charge is 0.497 e. The molecule has 0 spiro atoms. The summed E-state index contributed by atoms with van der Waals surface area (Å²) in [4.78, 5) is 0. The van der Waals surface area contributed by atoms with Gasteiger partial charge in [0.15, 0.2) is 0 Å². The van der Waals surface area contributed by atoms with Gasteiger partial charge in [-0.15, -0.1) is 0 Å². The van der Waals surface area contributed by atoms with Gasteiger partial charge < -0.3 is 20.3 Å². The van der Waals surface area contributed by atoms with Crippen molar-refractivity contribution in [2.45, 2.75) is 30.8 Å². The Morgan fingerprint density at radius 2 is 2.06 bits per heavy atom. The highest BCUT2D eigenvalue weighted by atomic mass is 16.5. The van der Waals surface area contributed by atoms with E-state index in [9.17, 15) is 0 Å². The lowest BCUT2D eigenvalue weighted by Gasteiger charge is -2.38. The first-order valence-electron chi connectivity index (χ1n) is 6.38. The van der Waals surface area contributed by atoms with Crippen molar-refractivity contribution < 1.29 is 14.9 Å². The Hall–Kier alpha value is -1.10. The van der Waals surface area contributed by atoms with Crippen molar-refractivity contribution in [1.82, 2.24) is 5.32 Å². The highest BCUT2D eigenvalue weighted by Crippen LogP contribution is 2.38. The number of aliphatic hydroxyl groups is 2. The molecule has 1 aliphatic carbocycles. The molecule has 0 bridgehead atoms. The first-order chi connectivity index (χ1) is 8.76. The van der Waals surface area contributed by atoms with Gasteiger partial charge in [0.05, 0.1) is 26.4 Å². The van der Waals surface area contributed by atoms with E-state index in [2.05, 4.69) is 17.4 Å². The molecule has 0 radical (unpaired) electrons. The summed E-state index contributed by atoms with van der Waals surface area (Å²) < 4.78 is 5.22. The standard InChI is InChI=1S/C14H21NO3/c1-18-14-4-2-3-10(7-14)11-5-12(6-11)15-13(8-16)9-17/h2-4,7,11-13,15-17H,5-6,8-9H2,1H3. The molecule has 0 unspecified atom stereocenters. The molecule has 2 rings (SSSR count).